The van der Waals surface area contributed by atoms with Crippen molar-refractivity contribution in [2.45, 2.75) is 13.0 Å². The molecule has 0 fully saturated rings. The van der Waals surface area contributed by atoms with Gasteiger partial charge >= 0.3 is 0 Å². The molecule has 0 saturated heterocycles. The van der Waals surface area contributed by atoms with Crippen molar-refractivity contribution in [3.63, 3.8) is 0 Å². The Balaban J connectivity index is 2.15. The Morgan fingerprint density at radius 2 is 2.18 bits per heavy atom. The largest absolute Gasteiger partial charge is 0.481 e. The van der Waals surface area contributed by atoms with Gasteiger partial charge in [-0.15, -0.1) is 0 Å². The van der Waals surface area contributed by atoms with Gasteiger partial charge in [0.05, 0.1) is 0 Å². The molecular formula is C13H14ClNO2. The minimum Gasteiger partial charge on any atom is -0.481 e. The normalized spacial score (nSPS) is 12.4. The molecule has 0 amide bonds. The standard InChI is InChI=1S/C13H14ClNO2/c1-9-5-6-12(16-9)13(8-15)17-11-4-2-3-10(14)7-11/h2-7,13H,8,15H2,1H3. The van der Waals surface area contributed by atoms with Crippen LogP contribution < -0.4 is 10.5 Å². The molecular weight excluding hydrogens is 238 g/mol. The van der Waals surface area contributed by atoms with Crippen molar-refractivity contribution in [3.05, 3.63) is 52.9 Å². The van der Waals surface area contributed by atoms with Crippen LogP contribution in [-0.2, 0) is 0 Å². The van der Waals surface area contributed by atoms with Gasteiger partial charge in [0.25, 0.3) is 0 Å². The quantitative estimate of drug-likeness (QED) is 0.907. The van der Waals surface area contributed by atoms with Crippen LogP contribution in [0.2, 0.25) is 5.02 Å². The summed E-state index contributed by atoms with van der Waals surface area (Å²) in [5, 5.41) is 0.633. The van der Waals surface area contributed by atoms with Crippen molar-refractivity contribution in [2.24, 2.45) is 5.73 Å². The molecule has 1 aromatic carbocycles. The summed E-state index contributed by atoms with van der Waals surface area (Å²) in [4.78, 5) is 0. The van der Waals surface area contributed by atoms with Gasteiger partial charge in [0.15, 0.2) is 6.10 Å². The lowest BCUT2D eigenvalue weighted by Gasteiger charge is -2.15. The number of furan rings is 1. The molecule has 4 heteroatoms. The molecule has 2 rings (SSSR count). The van der Waals surface area contributed by atoms with Crippen LogP contribution in [0.4, 0.5) is 0 Å². The summed E-state index contributed by atoms with van der Waals surface area (Å²) in [6.07, 6.45) is -0.290. The molecule has 3 nitrogen and oxygen atoms in total. The molecule has 1 unspecified atom stereocenters. The van der Waals surface area contributed by atoms with Gasteiger partial charge in [-0.05, 0) is 37.3 Å². The van der Waals surface area contributed by atoms with E-state index in [1.54, 1.807) is 12.1 Å². The summed E-state index contributed by atoms with van der Waals surface area (Å²) >= 11 is 5.89. The Hall–Kier alpha value is -1.45. The number of nitrogens with two attached hydrogens (primary N) is 1. The van der Waals surface area contributed by atoms with Gasteiger partial charge in [-0.25, -0.2) is 0 Å². The number of halogens is 1. The summed E-state index contributed by atoms with van der Waals surface area (Å²) < 4.78 is 11.2. The van der Waals surface area contributed by atoms with E-state index in [9.17, 15) is 0 Å². The number of hydrogen-bond donors (Lipinski definition) is 1. The van der Waals surface area contributed by atoms with E-state index >= 15 is 0 Å². The van der Waals surface area contributed by atoms with E-state index in [1.165, 1.54) is 0 Å². The zero-order valence-corrected chi connectivity index (χ0v) is 10.3. The third kappa shape index (κ3) is 3.02. The zero-order chi connectivity index (χ0) is 12.3. The summed E-state index contributed by atoms with van der Waals surface area (Å²) in [5.74, 6) is 2.25. The van der Waals surface area contributed by atoms with Crippen LogP contribution in [0.25, 0.3) is 0 Å². The van der Waals surface area contributed by atoms with E-state index in [1.807, 2.05) is 31.2 Å². The lowest BCUT2D eigenvalue weighted by Crippen LogP contribution is -2.17. The van der Waals surface area contributed by atoms with E-state index < -0.39 is 0 Å². The smallest absolute Gasteiger partial charge is 0.168 e. The fourth-order valence-electron chi connectivity index (χ4n) is 1.55. The second-order valence-corrected chi connectivity index (χ2v) is 4.18. The lowest BCUT2D eigenvalue weighted by atomic mass is 10.2. The van der Waals surface area contributed by atoms with Crippen molar-refractivity contribution in [1.29, 1.82) is 0 Å². The molecule has 1 heterocycles. The van der Waals surface area contributed by atoms with Crippen molar-refractivity contribution < 1.29 is 9.15 Å². The summed E-state index contributed by atoms with van der Waals surface area (Å²) in [6.45, 7) is 2.23. The Morgan fingerprint density at radius 3 is 2.76 bits per heavy atom. The van der Waals surface area contributed by atoms with Crippen molar-refractivity contribution in [3.8, 4) is 5.75 Å². The number of benzene rings is 1. The Bertz CT molecular complexity index is 496. The fourth-order valence-corrected chi connectivity index (χ4v) is 1.73. The molecule has 0 aliphatic heterocycles. The first-order chi connectivity index (χ1) is 8.19. The number of aryl methyl sites for hydroxylation is 1. The van der Waals surface area contributed by atoms with Crippen LogP contribution in [0.3, 0.4) is 0 Å². The van der Waals surface area contributed by atoms with Crippen molar-refractivity contribution in [1.82, 2.24) is 0 Å². The third-order valence-corrected chi connectivity index (χ3v) is 2.60. The van der Waals surface area contributed by atoms with E-state index in [4.69, 9.17) is 26.5 Å². The topological polar surface area (TPSA) is 48.4 Å². The molecule has 2 N–H and O–H groups in total. The molecule has 0 radical (unpaired) electrons. The van der Waals surface area contributed by atoms with Crippen molar-refractivity contribution >= 4 is 11.6 Å². The predicted octanol–water partition coefficient (Wildman–Crippen LogP) is 3.32. The Labute approximate surface area is 105 Å². The molecule has 90 valence electrons. The van der Waals surface area contributed by atoms with E-state index in [0.717, 1.165) is 11.5 Å². The Kier molecular flexibility index (Phi) is 3.71. The van der Waals surface area contributed by atoms with Crippen LogP contribution in [-0.4, -0.2) is 6.54 Å². The van der Waals surface area contributed by atoms with Gasteiger partial charge < -0.3 is 14.9 Å². The second kappa shape index (κ2) is 5.25. The fraction of sp³-hybridized carbons (Fsp3) is 0.231. The van der Waals surface area contributed by atoms with Gasteiger partial charge in [-0.3, -0.25) is 0 Å². The summed E-state index contributed by atoms with van der Waals surface area (Å²) in [6, 6.07) is 11.0. The molecule has 0 aliphatic rings. The predicted molar refractivity (Wildman–Crippen MR) is 67.3 cm³/mol. The van der Waals surface area contributed by atoms with Crippen LogP contribution in [0, 0.1) is 6.92 Å². The Morgan fingerprint density at radius 1 is 1.35 bits per heavy atom. The SMILES string of the molecule is Cc1ccc(C(CN)Oc2cccc(Cl)c2)o1. The van der Waals surface area contributed by atoms with Gasteiger partial charge in [0.1, 0.15) is 17.3 Å². The maximum atomic E-state index is 5.89. The number of hydrogen-bond acceptors (Lipinski definition) is 3. The van der Waals surface area contributed by atoms with Crippen LogP contribution >= 0.6 is 11.6 Å². The average Bonchev–Trinajstić information content (AvgIpc) is 2.73. The van der Waals surface area contributed by atoms with Gasteiger partial charge in [-0.1, -0.05) is 17.7 Å². The monoisotopic (exact) mass is 251 g/mol. The highest BCUT2D eigenvalue weighted by molar-refractivity contribution is 6.30. The first-order valence-corrected chi connectivity index (χ1v) is 5.75. The van der Waals surface area contributed by atoms with E-state index in [0.29, 0.717) is 17.3 Å². The van der Waals surface area contributed by atoms with Gasteiger partial charge in [0, 0.05) is 11.6 Å². The molecule has 2 aromatic rings. The first-order valence-electron chi connectivity index (χ1n) is 5.37. The molecule has 17 heavy (non-hydrogen) atoms. The minimum absolute atomic E-state index is 0.290. The van der Waals surface area contributed by atoms with Crippen LogP contribution in [0.15, 0.2) is 40.8 Å². The minimum atomic E-state index is -0.290. The van der Waals surface area contributed by atoms with Crippen molar-refractivity contribution in [2.75, 3.05) is 6.54 Å². The first kappa shape index (κ1) is 12.0. The molecule has 0 saturated carbocycles. The third-order valence-electron chi connectivity index (χ3n) is 2.37. The molecule has 1 aromatic heterocycles. The highest BCUT2D eigenvalue weighted by atomic mass is 35.5. The van der Waals surface area contributed by atoms with Crippen LogP contribution in [0.5, 0.6) is 5.75 Å². The zero-order valence-electron chi connectivity index (χ0n) is 9.52. The van der Waals surface area contributed by atoms with E-state index in [2.05, 4.69) is 0 Å². The second-order valence-electron chi connectivity index (χ2n) is 3.75. The average molecular weight is 252 g/mol. The lowest BCUT2D eigenvalue weighted by molar-refractivity contribution is 0.182. The highest BCUT2D eigenvalue weighted by Crippen LogP contribution is 2.24. The summed E-state index contributed by atoms with van der Waals surface area (Å²) in [5.41, 5.74) is 5.68. The number of rotatable bonds is 4. The van der Waals surface area contributed by atoms with Gasteiger partial charge in [-0.2, -0.15) is 0 Å². The van der Waals surface area contributed by atoms with E-state index in [-0.39, 0.29) is 6.10 Å². The maximum Gasteiger partial charge on any atom is 0.168 e. The summed E-state index contributed by atoms with van der Waals surface area (Å²) in [7, 11) is 0. The van der Waals surface area contributed by atoms with Gasteiger partial charge in [0.2, 0.25) is 0 Å². The molecule has 0 aliphatic carbocycles. The molecule has 1 atom stereocenters. The highest BCUT2D eigenvalue weighted by Gasteiger charge is 2.15. The van der Waals surface area contributed by atoms with Crippen LogP contribution in [0.1, 0.15) is 17.6 Å². The molecule has 0 spiro atoms. The number of ether oxygens (including phenoxy) is 1. The maximum absolute atomic E-state index is 5.89. The molecule has 0 bridgehead atoms.